The first-order valence-electron chi connectivity index (χ1n) is 9.41. The first kappa shape index (κ1) is 18.9. The molecule has 1 aliphatic rings. The summed E-state index contributed by atoms with van der Waals surface area (Å²) in [5.41, 5.74) is 4.70. The number of hydrogen-bond donors (Lipinski definition) is 0. The molecule has 0 bridgehead atoms. The maximum absolute atomic E-state index is 13.3. The molecule has 1 saturated heterocycles. The second kappa shape index (κ2) is 7.50. The van der Waals surface area contributed by atoms with Crippen molar-refractivity contribution in [2.45, 2.75) is 32.7 Å². The third-order valence-corrected chi connectivity index (χ3v) is 6.00. The smallest absolute Gasteiger partial charge is 0.187 e. The third kappa shape index (κ3) is 3.25. The van der Waals surface area contributed by atoms with E-state index in [1.165, 1.54) is 0 Å². The number of carbonyl (C=O) groups is 1. The highest BCUT2D eigenvalue weighted by molar-refractivity contribution is 9.10. The minimum Gasteiger partial charge on any atom is -0.312 e. The molecule has 0 radical (unpaired) electrons. The van der Waals surface area contributed by atoms with Gasteiger partial charge in [0.1, 0.15) is 0 Å². The first-order valence-corrected chi connectivity index (χ1v) is 10.2. The number of benzene rings is 1. The Morgan fingerprint density at radius 3 is 2.75 bits per heavy atom. The van der Waals surface area contributed by atoms with Gasteiger partial charge in [0.2, 0.25) is 0 Å². The second-order valence-electron chi connectivity index (χ2n) is 7.33. The number of likely N-dealkylation sites (tertiary alicyclic amines) is 1. The van der Waals surface area contributed by atoms with E-state index in [-0.39, 0.29) is 5.78 Å². The zero-order valence-corrected chi connectivity index (χ0v) is 17.5. The van der Waals surface area contributed by atoms with E-state index in [9.17, 15) is 4.79 Å². The predicted molar refractivity (Wildman–Crippen MR) is 114 cm³/mol. The number of carbonyl (C=O) groups excluding carboxylic acids is 1. The van der Waals surface area contributed by atoms with E-state index in [4.69, 9.17) is 6.57 Å². The number of ketones is 1. The molecule has 4 rings (SSSR count). The van der Waals surface area contributed by atoms with Crippen LogP contribution in [0.3, 0.4) is 0 Å². The fourth-order valence-corrected chi connectivity index (χ4v) is 4.41. The van der Waals surface area contributed by atoms with Crippen LogP contribution >= 0.6 is 15.9 Å². The van der Waals surface area contributed by atoms with Crippen molar-refractivity contribution in [2.75, 3.05) is 13.1 Å². The predicted octanol–water partition coefficient (Wildman–Crippen LogP) is 5.31. The summed E-state index contributed by atoms with van der Waals surface area (Å²) in [5.74, 6) is 0.114. The summed E-state index contributed by atoms with van der Waals surface area (Å²) < 4.78 is 2.92. The maximum atomic E-state index is 13.3. The molecule has 28 heavy (non-hydrogen) atoms. The molecular weight excluding hydrogens is 416 g/mol. The molecule has 0 saturated carbocycles. The summed E-state index contributed by atoms with van der Waals surface area (Å²) in [6, 6.07) is 9.86. The van der Waals surface area contributed by atoms with Crippen molar-refractivity contribution in [3.63, 3.8) is 0 Å². The Labute approximate surface area is 172 Å². The summed E-state index contributed by atoms with van der Waals surface area (Å²) in [6.45, 7) is 12.7. The zero-order valence-electron chi connectivity index (χ0n) is 15.9. The van der Waals surface area contributed by atoms with E-state index in [1.54, 1.807) is 18.3 Å². The Morgan fingerprint density at radius 1 is 1.36 bits per heavy atom. The van der Waals surface area contributed by atoms with E-state index in [0.717, 1.165) is 46.3 Å². The molecule has 1 atom stereocenters. The molecule has 0 spiro atoms. The highest BCUT2D eigenvalue weighted by Crippen LogP contribution is 2.31. The number of rotatable bonds is 4. The van der Waals surface area contributed by atoms with E-state index in [2.05, 4.69) is 42.1 Å². The lowest BCUT2D eigenvalue weighted by atomic mass is 10.1. The minimum absolute atomic E-state index is 0.114. The van der Waals surface area contributed by atoms with Crippen LogP contribution in [0, 0.1) is 13.5 Å². The average Bonchev–Trinajstić information content (AvgIpc) is 3.21. The van der Waals surface area contributed by atoms with E-state index < -0.39 is 0 Å². The fourth-order valence-electron chi connectivity index (χ4n) is 4.09. The zero-order chi connectivity index (χ0) is 19.8. The van der Waals surface area contributed by atoms with Gasteiger partial charge in [0.15, 0.2) is 11.5 Å². The van der Waals surface area contributed by atoms with Gasteiger partial charge in [-0.25, -0.2) is 4.85 Å². The lowest BCUT2D eigenvalue weighted by Crippen LogP contribution is -2.32. The van der Waals surface area contributed by atoms with Crippen molar-refractivity contribution < 1.29 is 4.79 Å². The van der Waals surface area contributed by atoms with Crippen LogP contribution in [-0.2, 0) is 0 Å². The molecule has 6 heteroatoms. The molecule has 3 aromatic rings. The quantitative estimate of drug-likeness (QED) is 0.410. The maximum Gasteiger partial charge on any atom is 0.187 e. The monoisotopic (exact) mass is 436 g/mol. The standard InChI is InChI=1S/C22H21BrN4O/c1-14-5-4-10-26(14)13-20(28)21-15(2)27(18-8-6-17(24-3)7-9-18)19-11-16(23)12-25-22(19)21/h6-9,11-12,14H,4-5,10,13H2,1-2H3/t14-/m0/s1. The topological polar surface area (TPSA) is 42.5 Å². The van der Waals surface area contributed by atoms with Gasteiger partial charge in [0, 0.05) is 28.1 Å². The lowest BCUT2D eigenvalue weighted by Gasteiger charge is -2.19. The van der Waals surface area contributed by atoms with Crippen LogP contribution in [0.4, 0.5) is 5.69 Å². The molecule has 0 N–H and O–H groups in total. The van der Waals surface area contributed by atoms with Crippen LogP contribution < -0.4 is 0 Å². The molecule has 2 aromatic heterocycles. The largest absolute Gasteiger partial charge is 0.312 e. The van der Waals surface area contributed by atoms with Crippen LogP contribution in [-0.4, -0.2) is 39.4 Å². The van der Waals surface area contributed by atoms with Crippen LogP contribution in [0.25, 0.3) is 21.6 Å². The number of nitrogens with zero attached hydrogens (tertiary/aromatic N) is 4. The number of Topliss-reactive ketones (excluding diaryl/α,β-unsaturated/α-hetero) is 1. The first-order chi connectivity index (χ1) is 13.5. The Kier molecular flexibility index (Phi) is 5.05. The molecule has 0 aliphatic carbocycles. The van der Waals surface area contributed by atoms with Crippen LogP contribution in [0.2, 0.25) is 0 Å². The highest BCUT2D eigenvalue weighted by atomic mass is 79.9. The Morgan fingerprint density at radius 2 is 2.11 bits per heavy atom. The van der Waals surface area contributed by atoms with Gasteiger partial charge in [-0.05, 0) is 67.4 Å². The van der Waals surface area contributed by atoms with Gasteiger partial charge in [-0.15, -0.1) is 0 Å². The number of aromatic nitrogens is 2. The van der Waals surface area contributed by atoms with Crippen LogP contribution in [0.1, 0.15) is 35.8 Å². The van der Waals surface area contributed by atoms with Gasteiger partial charge in [-0.1, -0.05) is 12.1 Å². The molecule has 1 aliphatic heterocycles. The summed E-state index contributed by atoms with van der Waals surface area (Å²) in [5, 5.41) is 0. The van der Waals surface area contributed by atoms with Crippen molar-refractivity contribution in [3.05, 3.63) is 63.7 Å². The second-order valence-corrected chi connectivity index (χ2v) is 8.25. The van der Waals surface area contributed by atoms with E-state index in [0.29, 0.717) is 23.8 Å². The van der Waals surface area contributed by atoms with Crippen molar-refractivity contribution in [3.8, 4) is 5.69 Å². The third-order valence-electron chi connectivity index (χ3n) is 5.56. The Bertz CT molecular complexity index is 1090. The summed E-state index contributed by atoms with van der Waals surface area (Å²) in [4.78, 5) is 23.6. The van der Waals surface area contributed by atoms with Crippen molar-refractivity contribution >= 4 is 38.4 Å². The SMILES string of the molecule is [C-]#[N+]c1ccc(-n2c(C)c(C(=O)CN3CCC[C@@H]3C)c3ncc(Br)cc32)cc1. The molecule has 0 unspecified atom stereocenters. The Hall–Kier alpha value is -2.49. The van der Waals surface area contributed by atoms with Crippen molar-refractivity contribution in [2.24, 2.45) is 0 Å². The molecule has 1 fully saturated rings. The summed E-state index contributed by atoms with van der Waals surface area (Å²) in [6.07, 6.45) is 4.03. The number of hydrogen-bond acceptors (Lipinski definition) is 3. The Balaban J connectivity index is 1.84. The molecule has 3 heterocycles. The summed E-state index contributed by atoms with van der Waals surface area (Å²) in [7, 11) is 0. The van der Waals surface area contributed by atoms with Gasteiger partial charge in [0.25, 0.3) is 0 Å². The lowest BCUT2D eigenvalue weighted by molar-refractivity contribution is 0.0927. The van der Waals surface area contributed by atoms with E-state index in [1.807, 2.05) is 25.1 Å². The molecular formula is C22H21BrN4O. The minimum atomic E-state index is 0.114. The van der Waals surface area contributed by atoms with Gasteiger partial charge in [-0.2, -0.15) is 0 Å². The fraction of sp³-hybridized carbons (Fsp3) is 0.318. The van der Waals surface area contributed by atoms with Crippen LogP contribution in [0.15, 0.2) is 41.0 Å². The van der Waals surface area contributed by atoms with Crippen LogP contribution in [0.5, 0.6) is 0 Å². The van der Waals surface area contributed by atoms with Gasteiger partial charge >= 0.3 is 0 Å². The van der Waals surface area contributed by atoms with Gasteiger partial charge < -0.3 is 4.57 Å². The molecule has 142 valence electrons. The summed E-state index contributed by atoms with van der Waals surface area (Å²) >= 11 is 3.50. The normalized spacial score (nSPS) is 17.1. The van der Waals surface area contributed by atoms with E-state index >= 15 is 0 Å². The molecule has 1 aromatic carbocycles. The van der Waals surface area contributed by atoms with Crippen molar-refractivity contribution in [1.29, 1.82) is 0 Å². The molecule has 0 amide bonds. The van der Waals surface area contributed by atoms with Gasteiger partial charge in [-0.3, -0.25) is 14.7 Å². The van der Waals surface area contributed by atoms with Crippen molar-refractivity contribution in [1.82, 2.24) is 14.5 Å². The highest BCUT2D eigenvalue weighted by Gasteiger charge is 2.27. The molecule has 5 nitrogen and oxygen atoms in total. The average molecular weight is 437 g/mol. The number of pyridine rings is 1. The number of halogens is 1. The number of fused-ring (bicyclic) bond motifs is 1. The van der Waals surface area contributed by atoms with Gasteiger partial charge in [0.05, 0.1) is 29.7 Å².